The monoisotopic (exact) mass is 390 g/mol. The van der Waals surface area contributed by atoms with E-state index in [2.05, 4.69) is 4.74 Å². The quantitative estimate of drug-likeness (QED) is 0.407. The molecular formula is C14H6Cl3F5O. The molecule has 0 unspecified atom stereocenters. The van der Waals surface area contributed by atoms with Gasteiger partial charge in [0, 0.05) is 10.6 Å². The van der Waals surface area contributed by atoms with E-state index in [1.807, 2.05) is 0 Å². The molecule has 0 atom stereocenters. The second-order valence-corrected chi connectivity index (χ2v) is 5.56. The summed E-state index contributed by atoms with van der Waals surface area (Å²) in [6.45, 7) is -3.38. The summed E-state index contributed by atoms with van der Waals surface area (Å²) in [5.41, 5.74) is -1.21. The number of rotatable bonds is 3. The molecule has 0 N–H and O–H groups in total. The Kier molecular flexibility index (Phi) is 5.28. The van der Waals surface area contributed by atoms with E-state index >= 15 is 0 Å². The number of benzene rings is 2. The Morgan fingerprint density at radius 1 is 0.957 bits per heavy atom. The van der Waals surface area contributed by atoms with Crippen molar-refractivity contribution in [2.75, 3.05) is 0 Å². The standard InChI is InChI=1S/C14H6Cl3F5O/c15-7-4-8(12(17)10(16)5-7)6-1-2-11(23-13(18)19)9(3-6)14(20,21)22/h1-5,13H. The number of halogens is 8. The van der Waals surface area contributed by atoms with Crippen LogP contribution in [0.4, 0.5) is 22.0 Å². The van der Waals surface area contributed by atoms with Gasteiger partial charge in [-0.2, -0.15) is 22.0 Å². The molecule has 0 fully saturated rings. The number of ether oxygens (including phenoxy) is 1. The largest absolute Gasteiger partial charge is 0.434 e. The van der Waals surface area contributed by atoms with E-state index in [4.69, 9.17) is 34.8 Å². The topological polar surface area (TPSA) is 9.23 Å². The predicted molar refractivity (Wildman–Crippen MR) is 78.5 cm³/mol. The first-order valence-electron chi connectivity index (χ1n) is 5.90. The van der Waals surface area contributed by atoms with Crippen LogP contribution in [-0.2, 0) is 6.18 Å². The summed E-state index contributed by atoms with van der Waals surface area (Å²) in [4.78, 5) is 0. The van der Waals surface area contributed by atoms with Gasteiger partial charge in [0.2, 0.25) is 0 Å². The second kappa shape index (κ2) is 6.71. The lowest BCUT2D eigenvalue weighted by Crippen LogP contribution is -2.11. The molecule has 0 aliphatic rings. The predicted octanol–water partition coefficient (Wildman–Crippen LogP) is 6.93. The average Bonchev–Trinajstić information content (AvgIpc) is 2.41. The summed E-state index contributed by atoms with van der Waals surface area (Å²) >= 11 is 17.6. The second-order valence-electron chi connectivity index (χ2n) is 4.34. The average molecular weight is 392 g/mol. The third kappa shape index (κ3) is 4.19. The van der Waals surface area contributed by atoms with Gasteiger partial charge in [0.05, 0.1) is 15.6 Å². The van der Waals surface area contributed by atoms with E-state index in [9.17, 15) is 22.0 Å². The lowest BCUT2D eigenvalue weighted by atomic mass is 10.0. The van der Waals surface area contributed by atoms with Crippen molar-refractivity contribution in [3.63, 3.8) is 0 Å². The fourth-order valence-corrected chi connectivity index (χ4v) is 2.60. The van der Waals surface area contributed by atoms with Gasteiger partial charge in [-0.25, -0.2) is 0 Å². The molecule has 0 radical (unpaired) electrons. The van der Waals surface area contributed by atoms with Crippen molar-refractivity contribution in [2.45, 2.75) is 12.8 Å². The van der Waals surface area contributed by atoms with Gasteiger partial charge in [0.25, 0.3) is 0 Å². The Labute approximate surface area is 142 Å². The smallest absolute Gasteiger partial charge is 0.419 e. The van der Waals surface area contributed by atoms with Crippen LogP contribution in [-0.4, -0.2) is 6.61 Å². The summed E-state index contributed by atoms with van der Waals surface area (Å²) in [5.74, 6) is -0.986. The Balaban J connectivity index is 2.62. The summed E-state index contributed by atoms with van der Waals surface area (Å²) < 4.78 is 67.5. The zero-order valence-electron chi connectivity index (χ0n) is 10.9. The van der Waals surface area contributed by atoms with Crippen LogP contribution in [0, 0.1) is 0 Å². The molecule has 0 amide bonds. The van der Waals surface area contributed by atoms with Crippen LogP contribution in [0.5, 0.6) is 5.75 Å². The third-order valence-corrected chi connectivity index (χ3v) is 3.83. The van der Waals surface area contributed by atoms with Crippen molar-refractivity contribution >= 4 is 34.8 Å². The van der Waals surface area contributed by atoms with Crippen molar-refractivity contribution in [3.8, 4) is 16.9 Å². The summed E-state index contributed by atoms with van der Waals surface area (Å²) in [7, 11) is 0. The van der Waals surface area contributed by atoms with Gasteiger partial charge in [-0.15, -0.1) is 0 Å². The van der Waals surface area contributed by atoms with Crippen molar-refractivity contribution in [2.24, 2.45) is 0 Å². The molecule has 0 spiro atoms. The Bertz CT molecular complexity index is 731. The van der Waals surface area contributed by atoms with Crippen LogP contribution in [0.25, 0.3) is 11.1 Å². The number of hydrogen-bond acceptors (Lipinski definition) is 1. The molecule has 2 aromatic carbocycles. The van der Waals surface area contributed by atoms with E-state index in [1.165, 1.54) is 12.1 Å². The molecule has 124 valence electrons. The number of hydrogen-bond donors (Lipinski definition) is 0. The maximum absolute atomic E-state index is 13.0. The Morgan fingerprint density at radius 3 is 2.17 bits per heavy atom. The van der Waals surface area contributed by atoms with Crippen LogP contribution in [0.2, 0.25) is 15.1 Å². The van der Waals surface area contributed by atoms with Gasteiger partial charge >= 0.3 is 12.8 Å². The lowest BCUT2D eigenvalue weighted by molar-refractivity contribution is -0.141. The SMILES string of the molecule is FC(F)Oc1ccc(-c2cc(Cl)cc(Cl)c2Cl)cc1C(F)(F)F. The van der Waals surface area contributed by atoms with Crippen molar-refractivity contribution in [1.29, 1.82) is 0 Å². The van der Waals surface area contributed by atoms with E-state index in [1.54, 1.807) is 0 Å². The maximum atomic E-state index is 13.0. The molecule has 0 bridgehead atoms. The van der Waals surface area contributed by atoms with Crippen LogP contribution in [0.3, 0.4) is 0 Å². The fourth-order valence-electron chi connectivity index (χ4n) is 1.88. The fraction of sp³-hybridized carbons (Fsp3) is 0.143. The maximum Gasteiger partial charge on any atom is 0.419 e. The Morgan fingerprint density at radius 2 is 1.61 bits per heavy atom. The van der Waals surface area contributed by atoms with Gasteiger partial charge < -0.3 is 4.74 Å². The third-order valence-electron chi connectivity index (χ3n) is 2.81. The zero-order chi connectivity index (χ0) is 17.4. The highest BCUT2D eigenvalue weighted by atomic mass is 35.5. The zero-order valence-corrected chi connectivity index (χ0v) is 13.2. The molecule has 1 nitrogen and oxygen atoms in total. The van der Waals surface area contributed by atoms with Gasteiger partial charge in [0.1, 0.15) is 5.75 Å². The molecule has 2 aromatic rings. The first kappa shape index (κ1) is 18.1. The van der Waals surface area contributed by atoms with Crippen LogP contribution in [0.15, 0.2) is 30.3 Å². The minimum absolute atomic E-state index is 0.00767. The lowest BCUT2D eigenvalue weighted by Gasteiger charge is -2.15. The van der Waals surface area contributed by atoms with Crippen LogP contribution >= 0.6 is 34.8 Å². The summed E-state index contributed by atoms with van der Waals surface area (Å²) in [6.07, 6.45) is -4.89. The van der Waals surface area contributed by atoms with Crippen LogP contribution in [0.1, 0.15) is 5.56 Å². The van der Waals surface area contributed by atoms with E-state index in [0.717, 1.165) is 12.1 Å². The molecular weight excluding hydrogens is 386 g/mol. The van der Waals surface area contributed by atoms with Gasteiger partial charge in [-0.05, 0) is 29.8 Å². The molecule has 23 heavy (non-hydrogen) atoms. The molecule has 0 saturated heterocycles. The van der Waals surface area contributed by atoms with E-state index in [0.29, 0.717) is 6.07 Å². The Hall–Kier alpha value is -1.24. The van der Waals surface area contributed by atoms with Crippen molar-refractivity contribution < 1.29 is 26.7 Å². The molecule has 9 heteroatoms. The molecule has 0 saturated carbocycles. The minimum Gasteiger partial charge on any atom is -0.434 e. The van der Waals surface area contributed by atoms with Gasteiger partial charge in [-0.1, -0.05) is 40.9 Å². The first-order chi connectivity index (χ1) is 10.6. The van der Waals surface area contributed by atoms with Crippen LogP contribution < -0.4 is 4.74 Å². The minimum atomic E-state index is -4.89. The van der Waals surface area contributed by atoms with Crippen molar-refractivity contribution in [1.82, 2.24) is 0 Å². The summed E-state index contributed by atoms with van der Waals surface area (Å²) in [6, 6.07) is 5.23. The molecule has 2 rings (SSSR count). The molecule has 0 aliphatic heterocycles. The molecule has 0 aliphatic carbocycles. The normalized spacial score (nSPS) is 11.9. The van der Waals surface area contributed by atoms with Gasteiger partial charge in [0.15, 0.2) is 0 Å². The van der Waals surface area contributed by atoms with Crippen molar-refractivity contribution in [3.05, 3.63) is 51.0 Å². The highest BCUT2D eigenvalue weighted by molar-refractivity contribution is 6.45. The first-order valence-corrected chi connectivity index (χ1v) is 7.04. The molecule has 0 heterocycles. The molecule has 0 aromatic heterocycles. The highest BCUT2D eigenvalue weighted by Gasteiger charge is 2.35. The van der Waals surface area contributed by atoms with E-state index in [-0.39, 0.29) is 26.2 Å². The number of alkyl halides is 5. The van der Waals surface area contributed by atoms with E-state index < -0.39 is 24.1 Å². The van der Waals surface area contributed by atoms with Gasteiger partial charge in [-0.3, -0.25) is 0 Å². The summed E-state index contributed by atoms with van der Waals surface area (Å²) in [5, 5.41) is 0.207. The highest BCUT2D eigenvalue weighted by Crippen LogP contribution is 2.42.